The zero-order chi connectivity index (χ0) is 21.2. The highest BCUT2D eigenvalue weighted by atomic mass is 79.9. The first-order chi connectivity index (χ1) is 13.7. The molecule has 0 heterocycles. The fraction of sp³-hybridized carbons (Fsp3) is 0.381. The normalized spacial score (nSPS) is 15.2. The summed E-state index contributed by atoms with van der Waals surface area (Å²) in [5, 5.41) is 2.93. The molecule has 29 heavy (non-hydrogen) atoms. The van der Waals surface area contributed by atoms with Gasteiger partial charge in [-0.3, -0.25) is 4.79 Å². The van der Waals surface area contributed by atoms with Crippen molar-refractivity contribution in [2.24, 2.45) is 0 Å². The Morgan fingerprint density at radius 3 is 2.52 bits per heavy atom. The van der Waals surface area contributed by atoms with Crippen LogP contribution in [0.2, 0.25) is 0 Å². The lowest BCUT2D eigenvalue weighted by atomic mass is 10.1. The third-order valence-corrected chi connectivity index (χ3v) is 6.68. The average molecular weight is 481 g/mol. The summed E-state index contributed by atoms with van der Waals surface area (Å²) in [6.07, 6.45) is 1.75. The van der Waals surface area contributed by atoms with E-state index in [1.165, 1.54) is 12.1 Å². The first kappa shape index (κ1) is 21.8. The summed E-state index contributed by atoms with van der Waals surface area (Å²) < 4.78 is 33.8. The predicted octanol–water partition coefficient (Wildman–Crippen LogP) is 4.17. The second-order valence-electron chi connectivity index (χ2n) is 7.47. The third kappa shape index (κ3) is 5.81. The van der Waals surface area contributed by atoms with E-state index in [-0.39, 0.29) is 34.6 Å². The van der Waals surface area contributed by atoms with E-state index in [2.05, 4.69) is 26.0 Å². The molecule has 0 aromatic heterocycles. The molecular weight excluding hydrogens is 456 g/mol. The minimum absolute atomic E-state index is 0.00119. The van der Waals surface area contributed by atoms with Crippen LogP contribution in [0.15, 0.2) is 51.8 Å². The fourth-order valence-corrected chi connectivity index (χ4v) is 4.58. The molecule has 0 saturated heterocycles. The zero-order valence-corrected chi connectivity index (χ0v) is 19.0. The van der Waals surface area contributed by atoms with Crippen molar-refractivity contribution in [2.75, 3.05) is 0 Å². The predicted molar refractivity (Wildman–Crippen MR) is 116 cm³/mol. The largest absolute Gasteiger partial charge is 0.491 e. The molecule has 0 aliphatic heterocycles. The van der Waals surface area contributed by atoms with Gasteiger partial charge in [-0.1, -0.05) is 12.1 Å². The Kier molecular flexibility index (Phi) is 6.65. The first-order valence-corrected chi connectivity index (χ1v) is 11.8. The molecule has 1 fully saturated rings. The Morgan fingerprint density at radius 1 is 1.14 bits per heavy atom. The molecule has 1 atom stereocenters. The van der Waals surface area contributed by atoms with Crippen molar-refractivity contribution in [3.63, 3.8) is 0 Å². The van der Waals surface area contributed by atoms with E-state index >= 15 is 0 Å². The summed E-state index contributed by atoms with van der Waals surface area (Å²) in [6, 6.07) is 11.7. The molecule has 8 heteroatoms. The monoisotopic (exact) mass is 480 g/mol. The maximum Gasteiger partial charge on any atom is 0.252 e. The van der Waals surface area contributed by atoms with E-state index in [1.807, 2.05) is 45.0 Å². The van der Waals surface area contributed by atoms with Gasteiger partial charge >= 0.3 is 0 Å². The van der Waals surface area contributed by atoms with Crippen LogP contribution >= 0.6 is 15.9 Å². The van der Waals surface area contributed by atoms with Gasteiger partial charge in [-0.15, -0.1) is 0 Å². The molecule has 1 unspecified atom stereocenters. The van der Waals surface area contributed by atoms with Gasteiger partial charge in [-0.25, -0.2) is 13.1 Å². The van der Waals surface area contributed by atoms with Crippen molar-refractivity contribution in [3.05, 3.63) is 58.1 Å². The summed E-state index contributed by atoms with van der Waals surface area (Å²) in [5.41, 5.74) is 1.16. The molecule has 2 aromatic rings. The van der Waals surface area contributed by atoms with E-state index in [0.29, 0.717) is 4.47 Å². The second-order valence-corrected chi connectivity index (χ2v) is 10.0. The second kappa shape index (κ2) is 8.85. The highest BCUT2D eigenvalue weighted by Crippen LogP contribution is 2.26. The van der Waals surface area contributed by atoms with Crippen LogP contribution in [0.1, 0.15) is 55.6 Å². The number of amides is 1. The van der Waals surface area contributed by atoms with Gasteiger partial charge in [0.15, 0.2) is 0 Å². The lowest BCUT2D eigenvalue weighted by Crippen LogP contribution is -2.28. The number of halogens is 1. The highest BCUT2D eigenvalue weighted by Gasteiger charge is 2.28. The first-order valence-electron chi connectivity index (χ1n) is 9.55. The van der Waals surface area contributed by atoms with E-state index in [9.17, 15) is 13.2 Å². The smallest absolute Gasteiger partial charge is 0.252 e. The Balaban J connectivity index is 1.77. The Morgan fingerprint density at radius 2 is 1.86 bits per heavy atom. The standard InChI is InChI=1S/C21H25BrN2O4S/c1-13(2)28-17-6-4-5-15(11-17)14(3)23-21(25)19-12-18(9-10-20(19)22)29(26,27)24-16-7-8-16/h4-6,9-14,16,24H,7-8H2,1-3H3,(H,23,25). The van der Waals surface area contributed by atoms with Crippen molar-refractivity contribution < 1.29 is 17.9 Å². The van der Waals surface area contributed by atoms with Crippen LogP contribution in [-0.2, 0) is 10.0 Å². The molecule has 156 valence electrons. The summed E-state index contributed by atoms with van der Waals surface area (Å²) >= 11 is 3.35. The van der Waals surface area contributed by atoms with Crippen LogP contribution < -0.4 is 14.8 Å². The number of nitrogens with one attached hydrogen (secondary N) is 2. The van der Waals surface area contributed by atoms with E-state index in [1.54, 1.807) is 6.07 Å². The average Bonchev–Trinajstić information content (AvgIpc) is 3.44. The number of benzene rings is 2. The van der Waals surface area contributed by atoms with Crippen LogP contribution in [0, 0.1) is 0 Å². The summed E-state index contributed by atoms with van der Waals surface area (Å²) in [4.78, 5) is 12.9. The van der Waals surface area contributed by atoms with Crippen molar-refractivity contribution in [1.82, 2.24) is 10.0 Å². The maximum absolute atomic E-state index is 12.8. The van der Waals surface area contributed by atoms with Gasteiger partial charge in [0.05, 0.1) is 22.6 Å². The summed E-state index contributed by atoms with van der Waals surface area (Å²) in [7, 11) is -3.64. The van der Waals surface area contributed by atoms with Crippen LogP contribution in [0.3, 0.4) is 0 Å². The van der Waals surface area contributed by atoms with Gasteiger partial charge in [0.25, 0.3) is 5.91 Å². The highest BCUT2D eigenvalue weighted by molar-refractivity contribution is 9.10. The minimum Gasteiger partial charge on any atom is -0.491 e. The lowest BCUT2D eigenvalue weighted by Gasteiger charge is -2.17. The molecule has 1 saturated carbocycles. The van der Waals surface area contributed by atoms with Crippen LogP contribution in [0.5, 0.6) is 5.75 Å². The number of carbonyl (C=O) groups is 1. The van der Waals surface area contributed by atoms with Gasteiger partial charge in [-0.2, -0.15) is 0 Å². The molecule has 3 rings (SSSR count). The van der Waals surface area contributed by atoms with Crippen LogP contribution in [0.25, 0.3) is 0 Å². The summed E-state index contributed by atoms with van der Waals surface area (Å²) in [5.74, 6) is 0.377. The van der Waals surface area contributed by atoms with Gasteiger partial charge in [0.1, 0.15) is 5.75 Å². The molecule has 6 nitrogen and oxygen atoms in total. The number of hydrogen-bond acceptors (Lipinski definition) is 4. The Hall–Kier alpha value is -1.90. The molecule has 0 radical (unpaired) electrons. The number of ether oxygens (including phenoxy) is 1. The fourth-order valence-electron chi connectivity index (χ4n) is 2.82. The maximum atomic E-state index is 12.8. The number of rotatable bonds is 8. The van der Waals surface area contributed by atoms with Crippen molar-refractivity contribution in [2.45, 2.75) is 56.7 Å². The Labute approximate surface area is 180 Å². The molecule has 0 bridgehead atoms. The summed E-state index contributed by atoms with van der Waals surface area (Å²) in [6.45, 7) is 5.78. The SMILES string of the molecule is CC(C)Oc1cccc(C(C)NC(=O)c2cc(S(=O)(=O)NC3CC3)ccc2Br)c1. The minimum atomic E-state index is -3.64. The molecule has 1 aliphatic carbocycles. The molecule has 1 aliphatic rings. The molecule has 0 spiro atoms. The molecule has 1 amide bonds. The van der Waals surface area contributed by atoms with Crippen molar-refractivity contribution in [3.8, 4) is 5.75 Å². The lowest BCUT2D eigenvalue weighted by molar-refractivity contribution is 0.0938. The van der Waals surface area contributed by atoms with Crippen LogP contribution in [0.4, 0.5) is 0 Å². The topological polar surface area (TPSA) is 84.5 Å². The van der Waals surface area contributed by atoms with E-state index in [4.69, 9.17) is 4.74 Å². The van der Waals surface area contributed by atoms with Gasteiger partial charge in [0.2, 0.25) is 10.0 Å². The molecule has 2 N–H and O–H groups in total. The zero-order valence-electron chi connectivity index (χ0n) is 16.6. The molecular formula is C21H25BrN2O4S. The van der Waals surface area contributed by atoms with Gasteiger partial charge in [-0.05, 0) is 85.4 Å². The Bertz CT molecular complexity index is 1000. The number of sulfonamides is 1. The quantitative estimate of drug-likeness (QED) is 0.593. The van der Waals surface area contributed by atoms with Crippen molar-refractivity contribution in [1.29, 1.82) is 0 Å². The number of hydrogen-bond donors (Lipinski definition) is 2. The van der Waals surface area contributed by atoms with Crippen molar-refractivity contribution >= 4 is 31.9 Å². The van der Waals surface area contributed by atoms with E-state index < -0.39 is 10.0 Å². The molecule has 2 aromatic carbocycles. The van der Waals surface area contributed by atoms with E-state index in [0.717, 1.165) is 24.2 Å². The van der Waals surface area contributed by atoms with Gasteiger partial charge in [0, 0.05) is 10.5 Å². The number of carbonyl (C=O) groups excluding carboxylic acids is 1. The van der Waals surface area contributed by atoms with Crippen LogP contribution in [-0.4, -0.2) is 26.5 Å². The third-order valence-electron chi connectivity index (χ3n) is 4.47. The van der Waals surface area contributed by atoms with Gasteiger partial charge < -0.3 is 10.1 Å².